The number of carboxylic acids is 1. The first-order valence-electron chi connectivity index (χ1n) is 5.47. The molecule has 1 aromatic carbocycles. The topological polar surface area (TPSA) is 75.6 Å². The lowest BCUT2D eigenvalue weighted by molar-refractivity contribution is -0.139. The zero-order chi connectivity index (χ0) is 14.4. The van der Waals surface area contributed by atoms with E-state index in [1.807, 2.05) is 0 Å². The first-order valence-corrected chi connectivity index (χ1v) is 5.47. The fourth-order valence-electron chi connectivity index (χ4n) is 1.43. The summed E-state index contributed by atoms with van der Waals surface area (Å²) in [6.45, 7) is 3.40. The Hall–Kier alpha value is -2.37. The molecular formula is C13H14FNO4. The molecular weight excluding hydrogens is 253 g/mol. The van der Waals surface area contributed by atoms with Crippen molar-refractivity contribution in [2.45, 2.75) is 12.5 Å². The van der Waals surface area contributed by atoms with Crippen LogP contribution in [0.3, 0.4) is 0 Å². The molecule has 0 spiro atoms. The SMILES string of the molecule is C=CCC(NC(=O)c1ccc(OC)cc1F)C(=O)O. The number of benzene rings is 1. The van der Waals surface area contributed by atoms with Crippen LogP contribution < -0.4 is 10.1 Å². The summed E-state index contributed by atoms with van der Waals surface area (Å²) in [5.74, 6) is -2.51. The molecule has 0 heterocycles. The Morgan fingerprint density at radius 2 is 2.26 bits per heavy atom. The summed E-state index contributed by atoms with van der Waals surface area (Å²) in [5.41, 5.74) is -0.240. The van der Waals surface area contributed by atoms with E-state index in [0.29, 0.717) is 0 Å². The van der Waals surface area contributed by atoms with Crippen LogP contribution in [0.4, 0.5) is 4.39 Å². The quantitative estimate of drug-likeness (QED) is 0.767. The molecule has 0 aliphatic heterocycles. The monoisotopic (exact) mass is 267 g/mol. The van der Waals surface area contributed by atoms with Gasteiger partial charge in [0.1, 0.15) is 17.6 Å². The lowest BCUT2D eigenvalue weighted by atomic mass is 10.1. The molecule has 0 aromatic heterocycles. The van der Waals surface area contributed by atoms with E-state index >= 15 is 0 Å². The van der Waals surface area contributed by atoms with Crippen LogP contribution in [0.5, 0.6) is 5.75 Å². The summed E-state index contributed by atoms with van der Waals surface area (Å²) in [4.78, 5) is 22.6. The van der Waals surface area contributed by atoms with Gasteiger partial charge in [0.05, 0.1) is 12.7 Å². The molecule has 5 nitrogen and oxygen atoms in total. The smallest absolute Gasteiger partial charge is 0.326 e. The Morgan fingerprint density at radius 3 is 2.74 bits per heavy atom. The van der Waals surface area contributed by atoms with Crippen molar-refractivity contribution in [2.75, 3.05) is 7.11 Å². The van der Waals surface area contributed by atoms with Gasteiger partial charge in [-0.2, -0.15) is 0 Å². The van der Waals surface area contributed by atoms with Gasteiger partial charge in [-0.25, -0.2) is 9.18 Å². The van der Waals surface area contributed by atoms with Crippen LogP contribution in [-0.2, 0) is 4.79 Å². The highest BCUT2D eigenvalue weighted by atomic mass is 19.1. The van der Waals surface area contributed by atoms with Gasteiger partial charge in [-0.3, -0.25) is 4.79 Å². The van der Waals surface area contributed by atoms with Gasteiger partial charge in [0, 0.05) is 6.07 Å². The number of aliphatic carboxylic acids is 1. The Balaban J connectivity index is 2.88. The van der Waals surface area contributed by atoms with Crippen LogP contribution >= 0.6 is 0 Å². The number of carboxylic acid groups (broad SMARTS) is 1. The average Bonchev–Trinajstić information content (AvgIpc) is 2.37. The minimum absolute atomic E-state index is 0.0544. The second-order valence-corrected chi connectivity index (χ2v) is 3.73. The largest absolute Gasteiger partial charge is 0.497 e. The minimum atomic E-state index is -1.21. The molecule has 1 rings (SSSR count). The minimum Gasteiger partial charge on any atom is -0.497 e. The molecule has 0 fully saturated rings. The zero-order valence-electron chi connectivity index (χ0n) is 10.4. The van der Waals surface area contributed by atoms with Crippen molar-refractivity contribution >= 4 is 11.9 Å². The second-order valence-electron chi connectivity index (χ2n) is 3.73. The van der Waals surface area contributed by atoms with Gasteiger partial charge < -0.3 is 15.2 Å². The number of methoxy groups -OCH3 is 1. The fourth-order valence-corrected chi connectivity index (χ4v) is 1.43. The van der Waals surface area contributed by atoms with Gasteiger partial charge in [-0.05, 0) is 18.6 Å². The third-order valence-corrected chi connectivity index (χ3v) is 2.43. The maximum Gasteiger partial charge on any atom is 0.326 e. The highest BCUT2D eigenvalue weighted by Gasteiger charge is 2.21. The molecule has 0 radical (unpaired) electrons. The van der Waals surface area contributed by atoms with Crippen molar-refractivity contribution in [2.24, 2.45) is 0 Å². The first-order chi connectivity index (χ1) is 8.99. The van der Waals surface area contributed by atoms with E-state index < -0.39 is 23.7 Å². The molecule has 0 aliphatic carbocycles. The van der Waals surface area contributed by atoms with Gasteiger partial charge in [0.2, 0.25) is 0 Å². The van der Waals surface area contributed by atoms with Crippen molar-refractivity contribution in [3.8, 4) is 5.75 Å². The molecule has 19 heavy (non-hydrogen) atoms. The number of hydrogen-bond acceptors (Lipinski definition) is 3. The first kappa shape index (κ1) is 14.7. The molecule has 102 valence electrons. The van der Waals surface area contributed by atoms with Crippen LogP contribution in [-0.4, -0.2) is 30.1 Å². The molecule has 6 heteroatoms. The van der Waals surface area contributed by atoms with Gasteiger partial charge in [-0.1, -0.05) is 6.08 Å². The van der Waals surface area contributed by atoms with Crippen LogP contribution in [0.2, 0.25) is 0 Å². The van der Waals surface area contributed by atoms with Gasteiger partial charge in [0.15, 0.2) is 0 Å². The zero-order valence-corrected chi connectivity index (χ0v) is 10.4. The third-order valence-electron chi connectivity index (χ3n) is 2.43. The standard InChI is InChI=1S/C13H14FNO4/c1-3-4-11(13(17)18)15-12(16)9-6-5-8(19-2)7-10(9)14/h3,5-7,11H,1,4H2,2H3,(H,15,16)(H,17,18). The van der Waals surface area contributed by atoms with Gasteiger partial charge >= 0.3 is 5.97 Å². The van der Waals surface area contributed by atoms with Crippen LogP contribution in [0, 0.1) is 5.82 Å². The number of ether oxygens (including phenoxy) is 1. The highest BCUT2D eigenvalue weighted by Crippen LogP contribution is 2.16. The van der Waals surface area contributed by atoms with E-state index in [2.05, 4.69) is 11.9 Å². The summed E-state index contributed by atoms with van der Waals surface area (Å²) in [7, 11) is 1.37. The van der Waals surface area contributed by atoms with E-state index in [9.17, 15) is 14.0 Å². The summed E-state index contributed by atoms with van der Waals surface area (Å²) in [6.07, 6.45) is 1.42. The molecule has 0 saturated carbocycles. The van der Waals surface area contributed by atoms with Gasteiger partial charge in [0.25, 0.3) is 5.91 Å². The molecule has 0 saturated heterocycles. The van der Waals surface area contributed by atoms with Crippen molar-refractivity contribution in [1.29, 1.82) is 0 Å². The summed E-state index contributed by atoms with van der Waals surface area (Å²) in [5, 5.41) is 11.1. The van der Waals surface area contributed by atoms with Crippen molar-refractivity contribution < 1.29 is 23.8 Å². The number of carbonyl (C=O) groups excluding carboxylic acids is 1. The lowest BCUT2D eigenvalue weighted by Gasteiger charge is -2.13. The second kappa shape index (κ2) is 6.53. The number of amides is 1. The highest BCUT2D eigenvalue weighted by molar-refractivity contribution is 5.96. The molecule has 1 amide bonds. The van der Waals surface area contributed by atoms with E-state index in [4.69, 9.17) is 9.84 Å². The Morgan fingerprint density at radius 1 is 1.58 bits per heavy atom. The molecule has 0 aliphatic rings. The third kappa shape index (κ3) is 3.80. The summed E-state index contributed by atoms with van der Waals surface area (Å²) >= 11 is 0. The van der Waals surface area contributed by atoms with Crippen molar-refractivity contribution in [3.63, 3.8) is 0 Å². The summed E-state index contributed by atoms with van der Waals surface area (Å²) in [6, 6.07) is 2.57. The Bertz CT molecular complexity index is 501. The number of rotatable bonds is 6. The molecule has 1 atom stereocenters. The molecule has 1 unspecified atom stereocenters. The van der Waals surface area contributed by atoms with Crippen molar-refractivity contribution in [1.82, 2.24) is 5.32 Å². The Kier molecular flexibility index (Phi) is 5.05. The number of hydrogen-bond donors (Lipinski definition) is 2. The van der Waals surface area contributed by atoms with Crippen LogP contribution in [0.25, 0.3) is 0 Å². The predicted molar refractivity (Wildman–Crippen MR) is 66.7 cm³/mol. The van der Waals surface area contributed by atoms with Crippen LogP contribution in [0.1, 0.15) is 16.8 Å². The van der Waals surface area contributed by atoms with E-state index in [1.165, 1.54) is 25.3 Å². The van der Waals surface area contributed by atoms with Crippen molar-refractivity contribution in [3.05, 3.63) is 42.2 Å². The maximum atomic E-state index is 13.6. The number of nitrogens with one attached hydrogen (secondary N) is 1. The maximum absolute atomic E-state index is 13.6. The molecule has 0 bridgehead atoms. The number of halogens is 1. The van der Waals surface area contributed by atoms with Gasteiger partial charge in [-0.15, -0.1) is 6.58 Å². The summed E-state index contributed by atoms with van der Waals surface area (Å²) < 4.78 is 18.4. The lowest BCUT2D eigenvalue weighted by Crippen LogP contribution is -2.40. The van der Waals surface area contributed by atoms with Crippen LogP contribution in [0.15, 0.2) is 30.9 Å². The Labute approximate surface area is 109 Å². The fraction of sp³-hybridized carbons (Fsp3) is 0.231. The van der Waals surface area contributed by atoms with E-state index in [-0.39, 0.29) is 17.7 Å². The molecule has 1 aromatic rings. The normalized spacial score (nSPS) is 11.5. The number of carbonyl (C=O) groups is 2. The predicted octanol–water partition coefficient (Wildman–Crippen LogP) is 1.59. The van der Waals surface area contributed by atoms with E-state index in [0.717, 1.165) is 6.07 Å². The van der Waals surface area contributed by atoms with E-state index in [1.54, 1.807) is 0 Å². The molecule has 2 N–H and O–H groups in total. The average molecular weight is 267 g/mol.